The molecule has 1 aromatic carbocycles. The Kier molecular flexibility index (Phi) is 3.19. The minimum atomic E-state index is -0.135. The van der Waals surface area contributed by atoms with Gasteiger partial charge in [0.2, 0.25) is 5.91 Å². The largest absolute Gasteiger partial charge is 0.324 e. The van der Waals surface area contributed by atoms with Crippen LogP contribution in [0.2, 0.25) is 0 Å². The summed E-state index contributed by atoms with van der Waals surface area (Å²) in [6.45, 7) is 0.182. The maximum absolute atomic E-state index is 11.8. The second-order valence-corrected chi connectivity index (χ2v) is 4.05. The average Bonchev–Trinajstić information content (AvgIpc) is 3.12. The first-order chi connectivity index (χ1) is 9.81. The molecule has 0 fully saturated rings. The van der Waals surface area contributed by atoms with E-state index in [1.807, 2.05) is 12.1 Å². The van der Waals surface area contributed by atoms with Crippen LogP contribution in [-0.2, 0) is 11.3 Å². The van der Waals surface area contributed by atoms with Gasteiger partial charge in [-0.05, 0) is 40.8 Å². The van der Waals surface area contributed by atoms with E-state index in [2.05, 4.69) is 25.9 Å². The third kappa shape index (κ3) is 2.69. The molecule has 2 heterocycles. The number of aromatic nitrogens is 6. The summed E-state index contributed by atoms with van der Waals surface area (Å²) in [5, 5.41) is 17.7. The van der Waals surface area contributed by atoms with Gasteiger partial charge >= 0.3 is 0 Å². The van der Waals surface area contributed by atoms with Gasteiger partial charge in [-0.15, -0.1) is 5.10 Å². The molecule has 100 valence electrons. The molecule has 1 amide bonds. The number of carbonyl (C=O) groups is 1. The second-order valence-electron chi connectivity index (χ2n) is 4.05. The van der Waals surface area contributed by atoms with Crippen LogP contribution in [0.5, 0.6) is 0 Å². The highest BCUT2D eigenvalue weighted by atomic mass is 16.2. The third-order valence-electron chi connectivity index (χ3n) is 2.63. The van der Waals surface area contributed by atoms with Crippen molar-refractivity contribution in [1.29, 1.82) is 0 Å². The van der Waals surface area contributed by atoms with Crippen molar-refractivity contribution < 1.29 is 4.79 Å². The van der Waals surface area contributed by atoms with Gasteiger partial charge in [-0.25, -0.2) is 4.68 Å². The molecule has 3 rings (SSSR count). The summed E-state index contributed by atoms with van der Waals surface area (Å²) in [5.74, 6) is -0.135. The highest BCUT2D eigenvalue weighted by Gasteiger charge is 2.04. The number of hydrogen-bond acceptors (Lipinski definition) is 5. The molecule has 3 aromatic rings. The van der Waals surface area contributed by atoms with E-state index in [4.69, 9.17) is 0 Å². The monoisotopic (exact) mass is 269 g/mol. The summed E-state index contributed by atoms with van der Waals surface area (Å²) in [7, 11) is 0. The quantitative estimate of drug-likeness (QED) is 0.744. The molecule has 0 spiro atoms. The van der Waals surface area contributed by atoms with Crippen molar-refractivity contribution in [3.63, 3.8) is 0 Å². The lowest BCUT2D eigenvalue weighted by Crippen LogP contribution is -2.18. The van der Waals surface area contributed by atoms with Crippen molar-refractivity contribution in [3.05, 3.63) is 49.1 Å². The normalized spacial score (nSPS) is 10.4. The molecular formula is C12H11N7O. The standard InChI is InChI=1S/C12H11N7O/c20-12(8-18-7-1-6-14-18)15-10-2-4-11(5-3-10)19-9-13-16-17-19/h1-7,9H,8H2,(H,15,20). The van der Waals surface area contributed by atoms with Crippen molar-refractivity contribution in [1.82, 2.24) is 30.0 Å². The third-order valence-corrected chi connectivity index (χ3v) is 2.63. The zero-order chi connectivity index (χ0) is 13.8. The van der Waals surface area contributed by atoms with Crippen molar-refractivity contribution in [2.24, 2.45) is 0 Å². The van der Waals surface area contributed by atoms with Gasteiger partial charge in [0.1, 0.15) is 12.9 Å². The van der Waals surface area contributed by atoms with E-state index in [1.165, 1.54) is 11.0 Å². The Balaban J connectivity index is 1.65. The lowest BCUT2D eigenvalue weighted by Gasteiger charge is -2.06. The van der Waals surface area contributed by atoms with E-state index in [1.54, 1.807) is 35.3 Å². The predicted molar refractivity (Wildman–Crippen MR) is 70.0 cm³/mol. The van der Waals surface area contributed by atoms with E-state index in [-0.39, 0.29) is 12.5 Å². The van der Waals surface area contributed by atoms with Crippen LogP contribution in [-0.4, -0.2) is 35.9 Å². The summed E-state index contributed by atoms with van der Waals surface area (Å²) in [5.41, 5.74) is 1.53. The van der Waals surface area contributed by atoms with Crippen molar-refractivity contribution in [3.8, 4) is 5.69 Å². The first-order valence-electron chi connectivity index (χ1n) is 5.92. The zero-order valence-corrected chi connectivity index (χ0v) is 10.4. The Bertz CT molecular complexity index is 673. The highest BCUT2D eigenvalue weighted by Crippen LogP contribution is 2.11. The van der Waals surface area contributed by atoms with Gasteiger partial charge in [0.15, 0.2) is 0 Å². The van der Waals surface area contributed by atoms with Crippen molar-refractivity contribution >= 4 is 11.6 Å². The van der Waals surface area contributed by atoms with Crippen LogP contribution in [0.4, 0.5) is 5.69 Å². The van der Waals surface area contributed by atoms with E-state index in [0.717, 1.165) is 5.69 Å². The molecule has 2 aromatic heterocycles. The number of tetrazole rings is 1. The number of benzene rings is 1. The molecule has 0 atom stereocenters. The van der Waals surface area contributed by atoms with E-state index < -0.39 is 0 Å². The number of rotatable bonds is 4. The zero-order valence-electron chi connectivity index (χ0n) is 10.4. The van der Waals surface area contributed by atoms with Crippen molar-refractivity contribution in [2.75, 3.05) is 5.32 Å². The summed E-state index contributed by atoms with van der Waals surface area (Å²) in [4.78, 5) is 11.8. The Morgan fingerprint density at radius 1 is 1.25 bits per heavy atom. The predicted octanol–water partition coefficient (Wildman–Crippen LogP) is 0.497. The Labute approximate surface area is 114 Å². The molecule has 0 aliphatic carbocycles. The molecule has 8 nitrogen and oxygen atoms in total. The van der Waals surface area contributed by atoms with Gasteiger partial charge < -0.3 is 5.32 Å². The van der Waals surface area contributed by atoms with Gasteiger partial charge in [0, 0.05) is 18.1 Å². The van der Waals surface area contributed by atoms with Gasteiger partial charge in [-0.1, -0.05) is 0 Å². The van der Waals surface area contributed by atoms with Gasteiger partial charge in [0.25, 0.3) is 0 Å². The van der Waals surface area contributed by atoms with Crippen LogP contribution in [0.15, 0.2) is 49.1 Å². The summed E-state index contributed by atoms with van der Waals surface area (Å²) in [6, 6.07) is 8.99. The maximum Gasteiger partial charge on any atom is 0.246 e. The molecule has 8 heteroatoms. The number of nitrogens with one attached hydrogen (secondary N) is 1. The Morgan fingerprint density at radius 2 is 2.10 bits per heavy atom. The lowest BCUT2D eigenvalue weighted by molar-refractivity contribution is -0.116. The minimum absolute atomic E-state index is 0.135. The molecule has 0 aliphatic rings. The first kappa shape index (κ1) is 12.0. The van der Waals surface area contributed by atoms with Crippen LogP contribution >= 0.6 is 0 Å². The summed E-state index contributed by atoms with van der Waals surface area (Å²) >= 11 is 0. The number of carbonyl (C=O) groups excluding carboxylic acids is 1. The molecule has 0 aliphatic heterocycles. The number of hydrogen-bond donors (Lipinski definition) is 1. The second kappa shape index (κ2) is 5.31. The average molecular weight is 269 g/mol. The van der Waals surface area contributed by atoms with E-state index >= 15 is 0 Å². The molecule has 0 unspecified atom stereocenters. The van der Waals surface area contributed by atoms with Crippen LogP contribution in [0.3, 0.4) is 0 Å². The lowest BCUT2D eigenvalue weighted by atomic mass is 10.3. The van der Waals surface area contributed by atoms with E-state index in [9.17, 15) is 4.79 Å². The molecule has 0 saturated heterocycles. The summed E-state index contributed by atoms with van der Waals surface area (Å²) in [6.07, 6.45) is 4.87. The molecule has 0 saturated carbocycles. The fourth-order valence-electron chi connectivity index (χ4n) is 1.72. The van der Waals surface area contributed by atoms with Crippen LogP contribution < -0.4 is 5.32 Å². The van der Waals surface area contributed by atoms with Gasteiger partial charge in [0.05, 0.1) is 5.69 Å². The molecule has 0 radical (unpaired) electrons. The number of nitrogens with zero attached hydrogens (tertiary/aromatic N) is 6. The number of anilines is 1. The minimum Gasteiger partial charge on any atom is -0.324 e. The molecule has 0 bridgehead atoms. The molecule has 20 heavy (non-hydrogen) atoms. The first-order valence-corrected chi connectivity index (χ1v) is 5.92. The fraction of sp³-hybridized carbons (Fsp3) is 0.0833. The summed E-state index contributed by atoms with van der Waals surface area (Å²) < 4.78 is 3.10. The van der Waals surface area contributed by atoms with Gasteiger partial charge in [-0.2, -0.15) is 5.10 Å². The van der Waals surface area contributed by atoms with Gasteiger partial charge in [-0.3, -0.25) is 9.48 Å². The van der Waals surface area contributed by atoms with E-state index in [0.29, 0.717) is 5.69 Å². The molecule has 1 N–H and O–H groups in total. The number of amides is 1. The van der Waals surface area contributed by atoms with Crippen LogP contribution in [0, 0.1) is 0 Å². The Morgan fingerprint density at radius 3 is 2.75 bits per heavy atom. The SMILES string of the molecule is O=C(Cn1cccn1)Nc1ccc(-n2cnnn2)cc1. The van der Waals surface area contributed by atoms with Crippen LogP contribution in [0.25, 0.3) is 5.69 Å². The van der Waals surface area contributed by atoms with Crippen molar-refractivity contribution in [2.45, 2.75) is 6.54 Å². The fourth-order valence-corrected chi connectivity index (χ4v) is 1.72. The highest BCUT2D eigenvalue weighted by molar-refractivity contribution is 5.90. The van der Waals surface area contributed by atoms with Crippen LogP contribution in [0.1, 0.15) is 0 Å². The maximum atomic E-state index is 11.8. The topological polar surface area (TPSA) is 90.5 Å². The smallest absolute Gasteiger partial charge is 0.246 e. The Hall–Kier alpha value is -3.03. The molecular weight excluding hydrogens is 258 g/mol.